The lowest BCUT2D eigenvalue weighted by molar-refractivity contribution is 0.434. The van der Waals surface area contributed by atoms with Gasteiger partial charge in [0.2, 0.25) is 0 Å². The summed E-state index contributed by atoms with van der Waals surface area (Å²) in [5, 5.41) is 0. The Bertz CT molecular complexity index is 254. The number of hydrogen-bond acceptors (Lipinski definition) is 4. The van der Waals surface area contributed by atoms with Crippen LogP contribution in [0.2, 0.25) is 0 Å². The first-order chi connectivity index (χ1) is 5.79. The molecular weight excluding hydrogens is 215 g/mol. The molecule has 0 saturated carbocycles. The monoisotopic (exact) mass is 222 g/mol. The maximum Gasteiger partial charge on any atom is 0.328 e. The molecule has 3 nitrogen and oxygen atoms in total. The first kappa shape index (κ1) is 10.2. The van der Waals surface area contributed by atoms with Gasteiger partial charge in [0.25, 0.3) is 0 Å². The Morgan fingerprint density at radius 2 is 2.00 bits per heavy atom. The van der Waals surface area contributed by atoms with Crippen molar-refractivity contribution in [2.75, 3.05) is 0 Å². The van der Waals surface area contributed by atoms with Crippen LogP contribution in [-0.2, 0) is 8.54 Å². The van der Waals surface area contributed by atoms with Crippen LogP contribution >= 0.6 is 30.1 Å². The largest absolute Gasteiger partial charge is 0.328 e. The topological polar surface area (TPSA) is 46.5 Å². The van der Waals surface area contributed by atoms with E-state index in [0.29, 0.717) is 0 Å². The Kier molecular flexibility index (Phi) is 4.80. The normalized spacial score (nSPS) is 12.8. The van der Waals surface area contributed by atoms with Gasteiger partial charge in [-0.15, -0.1) is 0 Å². The van der Waals surface area contributed by atoms with E-state index < -0.39 is 8.25 Å². The van der Waals surface area contributed by atoms with E-state index in [0.717, 1.165) is 16.0 Å². The van der Waals surface area contributed by atoms with Crippen LogP contribution in [0.3, 0.4) is 0 Å². The maximum atomic E-state index is 10.1. The highest BCUT2D eigenvalue weighted by molar-refractivity contribution is 8.75. The fourth-order valence-corrected chi connectivity index (χ4v) is 2.68. The van der Waals surface area contributed by atoms with E-state index in [-0.39, 0.29) is 0 Å². The second-order valence-corrected chi connectivity index (χ2v) is 4.69. The van der Waals surface area contributed by atoms with Gasteiger partial charge >= 0.3 is 8.25 Å². The highest BCUT2D eigenvalue weighted by Crippen LogP contribution is 2.37. The summed E-state index contributed by atoms with van der Waals surface area (Å²) in [5.74, 6) is 0. The van der Waals surface area contributed by atoms with Crippen LogP contribution in [0, 0.1) is 0 Å². The third-order valence-electron chi connectivity index (χ3n) is 0.979. The van der Waals surface area contributed by atoms with Crippen LogP contribution in [0.1, 0.15) is 0 Å². The molecule has 0 amide bonds. The summed E-state index contributed by atoms with van der Waals surface area (Å²) in [7, 11) is -1.50. The van der Waals surface area contributed by atoms with Crippen LogP contribution in [0.4, 0.5) is 0 Å². The minimum atomic E-state index is -2.81. The van der Waals surface area contributed by atoms with Gasteiger partial charge in [-0.25, -0.2) is 3.97 Å². The zero-order valence-corrected chi connectivity index (χ0v) is 8.60. The van der Waals surface area contributed by atoms with Gasteiger partial charge in [0.05, 0.1) is 11.1 Å². The Balaban J connectivity index is 2.29. The Morgan fingerprint density at radius 3 is 2.58 bits per heavy atom. The Hall–Kier alpha value is 0.0700. The molecule has 1 rings (SSSR count). The van der Waals surface area contributed by atoms with Crippen LogP contribution < -0.4 is 0 Å². The van der Waals surface area contributed by atoms with Crippen molar-refractivity contribution in [3.8, 4) is 0 Å². The van der Waals surface area contributed by atoms with Crippen molar-refractivity contribution >= 4 is 30.1 Å². The highest BCUT2D eigenvalue weighted by Gasteiger charge is 1.96. The van der Waals surface area contributed by atoms with Crippen molar-refractivity contribution in [2.24, 2.45) is 0 Å². The SMILES string of the molecule is O=[PH](O)OSSc1ccccc1. The first-order valence-electron chi connectivity index (χ1n) is 3.08. The molecule has 6 heteroatoms. The summed E-state index contributed by atoms with van der Waals surface area (Å²) in [6.45, 7) is 0. The maximum absolute atomic E-state index is 10.1. The van der Waals surface area contributed by atoms with E-state index in [9.17, 15) is 4.57 Å². The average molecular weight is 222 g/mol. The van der Waals surface area contributed by atoms with Gasteiger partial charge in [0.1, 0.15) is 0 Å². The van der Waals surface area contributed by atoms with Crippen LogP contribution in [-0.4, -0.2) is 4.89 Å². The van der Waals surface area contributed by atoms with E-state index >= 15 is 0 Å². The summed E-state index contributed by atoms with van der Waals surface area (Å²) < 4.78 is 14.5. The molecule has 66 valence electrons. The van der Waals surface area contributed by atoms with Gasteiger partial charge in [-0.2, -0.15) is 0 Å². The number of hydrogen-bond donors (Lipinski definition) is 1. The quantitative estimate of drug-likeness (QED) is 0.482. The lowest BCUT2D eigenvalue weighted by atomic mass is 10.4. The third kappa shape index (κ3) is 4.18. The molecular formula is C6H7O3PS2. The predicted molar refractivity (Wildman–Crippen MR) is 52.2 cm³/mol. The summed E-state index contributed by atoms with van der Waals surface area (Å²) in [4.78, 5) is 9.31. The van der Waals surface area contributed by atoms with Gasteiger partial charge in [-0.3, -0.25) is 4.57 Å². The molecule has 1 aromatic carbocycles. The third-order valence-corrected chi connectivity index (χ3v) is 3.75. The molecule has 0 bridgehead atoms. The Labute approximate surface area is 79.1 Å². The fourth-order valence-electron chi connectivity index (χ4n) is 0.561. The number of benzene rings is 1. The standard InChI is InChI=1S/C6H7O3PS2/c7-10(8)9-12-11-6-4-2-1-3-5-6/h1-5,10H,(H,7,8). The molecule has 0 saturated heterocycles. The molecule has 1 N–H and O–H groups in total. The van der Waals surface area contributed by atoms with Crippen molar-refractivity contribution in [1.82, 2.24) is 0 Å². The highest BCUT2D eigenvalue weighted by atomic mass is 33.1. The van der Waals surface area contributed by atoms with E-state index in [4.69, 9.17) is 4.89 Å². The van der Waals surface area contributed by atoms with Gasteiger partial charge in [0.15, 0.2) is 0 Å². The Morgan fingerprint density at radius 1 is 1.33 bits per heavy atom. The van der Waals surface area contributed by atoms with E-state index in [1.54, 1.807) is 0 Å². The van der Waals surface area contributed by atoms with E-state index in [1.807, 2.05) is 30.3 Å². The number of rotatable bonds is 4. The molecule has 0 aromatic heterocycles. The molecule has 12 heavy (non-hydrogen) atoms. The predicted octanol–water partition coefficient (Wildman–Crippen LogP) is 2.74. The molecule has 1 aromatic rings. The fraction of sp³-hybridized carbons (Fsp3) is 0. The smallest absolute Gasteiger partial charge is 0.326 e. The minimum Gasteiger partial charge on any atom is -0.326 e. The summed E-state index contributed by atoms with van der Waals surface area (Å²) in [6, 6.07) is 9.49. The lowest BCUT2D eigenvalue weighted by Gasteiger charge is -1.96. The van der Waals surface area contributed by atoms with Gasteiger partial charge in [-0.05, 0) is 22.9 Å². The molecule has 0 heterocycles. The molecule has 1 atom stereocenters. The first-order valence-corrected chi connectivity index (χ1v) is 6.42. The summed E-state index contributed by atoms with van der Waals surface area (Å²) in [6.07, 6.45) is 0. The van der Waals surface area contributed by atoms with Gasteiger partial charge in [0, 0.05) is 4.90 Å². The van der Waals surface area contributed by atoms with Gasteiger partial charge < -0.3 is 4.89 Å². The van der Waals surface area contributed by atoms with E-state index in [2.05, 4.69) is 3.97 Å². The minimum absolute atomic E-state index is 0.914. The summed E-state index contributed by atoms with van der Waals surface area (Å²) in [5.41, 5.74) is 0. The zero-order chi connectivity index (χ0) is 8.81. The molecule has 0 spiro atoms. The van der Waals surface area contributed by atoms with Crippen LogP contribution in [0.25, 0.3) is 0 Å². The molecule has 1 unspecified atom stereocenters. The summed E-state index contributed by atoms with van der Waals surface area (Å²) >= 11 is 0.914. The molecule has 0 aliphatic rings. The average Bonchev–Trinajstić information content (AvgIpc) is 2.05. The second kappa shape index (κ2) is 5.67. The molecule has 0 radical (unpaired) electrons. The van der Waals surface area contributed by atoms with Crippen molar-refractivity contribution in [2.45, 2.75) is 4.90 Å². The molecule has 0 aliphatic heterocycles. The van der Waals surface area contributed by atoms with E-state index in [1.165, 1.54) is 10.8 Å². The van der Waals surface area contributed by atoms with Crippen molar-refractivity contribution in [1.29, 1.82) is 0 Å². The van der Waals surface area contributed by atoms with Crippen LogP contribution in [0.5, 0.6) is 0 Å². The zero-order valence-electron chi connectivity index (χ0n) is 5.97. The lowest BCUT2D eigenvalue weighted by Crippen LogP contribution is -1.64. The van der Waals surface area contributed by atoms with Gasteiger partial charge in [-0.1, -0.05) is 18.2 Å². The van der Waals surface area contributed by atoms with Crippen LogP contribution in [0.15, 0.2) is 35.2 Å². The van der Waals surface area contributed by atoms with Crippen molar-refractivity contribution in [3.05, 3.63) is 30.3 Å². The van der Waals surface area contributed by atoms with Crippen molar-refractivity contribution in [3.63, 3.8) is 0 Å². The van der Waals surface area contributed by atoms with Crippen molar-refractivity contribution < 1.29 is 13.4 Å². The molecule has 0 fully saturated rings. The molecule has 0 aliphatic carbocycles. The second-order valence-electron chi connectivity index (χ2n) is 1.81.